The molecule has 0 aliphatic heterocycles. The molecule has 1 aliphatic carbocycles. The number of nitrogens with one attached hydrogen (secondary N) is 3. The number of hydrogen-bond donors (Lipinski definition) is 4. The van der Waals surface area contributed by atoms with Gasteiger partial charge < -0.3 is 15.8 Å². The molecule has 0 bridgehead atoms. The smallest absolute Gasteiger partial charge is 0.327 e. The van der Waals surface area contributed by atoms with Crippen LogP contribution in [0.4, 0.5) is 5.82 Å². The number of aromatic nitrogens is 2. The molecule has 1 aromatic heterocycles. The van der Waals surface area contributed by atoms with Crippen molar-refractivity contribution in [3.63, 3.8) is 0 Å². The van der Waals surface area contributed by atoms with Crippen molar-refractivity contribution in [3.05, 3.63) is 62.3 Å². The summed E-state index contributed by atoms with van der Waals surface area (Å²) < 4.78 is 5.61. The highest BCUT2D eigenvalue weighted by atomic mass is 16.5. The number of H-pyrrole nitrogens is 2. The van der Waals surface area contributed by atoms with Gasteiger partial charge in [0.15, 0.2) is 0 Å². The van der Waals surface area contributed by atoms with Gasteiger partial charge in [0.2, 0.25) is 5.91 Å². The summed E-state index contributed by atoms with van der Waals surface area (Å²) in [5.74, 6) is -1.06. The Balaban J connectivity index is 1.97. The van der Waals surface area contributed by atoms with Crippen LogP contribution in [0.5, 0.6) is 0 Å². The van der Waals surface area contributed by atoms with Crippen LogP contribution in [0.2, 0.25) is 0 Å². The highest BCUT2D eigenvalue weighted by Crippen LogP contribution is 2.46. The van der Waals surface area contributed by atoms with Crippen LogP contribution >= 0.6 is 0 Å². The van der Waals surface area contributed by atoms with Gasteiger partial charge in [-0.3, -0.25) is 24.4 Å². The molecule has 3 rings (SSSR count). The van der Waals surface area contributed by atoms with E-state index in [9.17, 15) is 19.2 Å². The van der Waals surface area contributed by atoms with Gasteiger partial charge in [-0.2, -0.15) is 0 Å². The van der Waals surface area contributed by atoms with Crippen LogP contribution < -0.4 is 22.3 Å². The number of carbonyl (C=O) groups is 2. The minimum atomic E-state index is -1.13. The van der Waals surface area contributed by atoms with Gasteiger partial charge in [-0.05, 0) is 18.4 Å². The van der Waals surface area contributed by atoms with E-state index in [1.54, 1.807) is 0 Å². The van der Waals surface area contributed by atoms with Crippen LogP contribution in [0, 0.1) is 5.41 Å². The van der Waals surface area contributed by atoms with Gasteiger partial charge in [0.1, 0.15) is 12.4 Å². The first-order valence-electron chi connectivity index (χ1n) is 9.94. The number of benzene rings is 1. The number of ether oxygens (including phenoxy) is 1. The lowest BCUT2D eigenvalue weighted by atomic mass is 9.67. The molecule has 0 saturated heterocycles. The predicted octanol–water partition coefficient (Wildman–Crippen LogP) is 1.72. The average Bonchev–Trinajstić information content (AvgIpc) is 2.72. The Morgan fingerprint density at radius 2 is 1.80 bits per heavy atom. The zero-order valence-electron chi connectivity index (χ0n) is 16.8. The molecule has 1 atom stereocenters. The maximum Gasteiger partial charge on any atom is 0.327 e. The summed E-state index contributed by atoms with van der Waals surface area (Å²) in [4.78, 5) is 53.7. The van der Waals surface area contributed by atoms with E-state index in [-0.39, 0.29) is 18.0 Å². The van der Waals surface area contributed by atoms with E-state index in [2.05, 4.69) is 15.3 Å². The number of anilines is 1. The summed E-state index contributed by atoms with van der Waals surface area (Å²) in [6.07, 6.45) is 3.34. The van der Waals surface area contributed by atoms with Gasteiger partial charge in [-0.15, -0.1) is 0 Å². The van der Waals surface area contributed by atoms with Crippen molar-refractivity contribution < 1.29 is 14.3 Å². The Hall–Kier alpha value is -3.20. The Labute approximate surface area is 173 Å². The summed E-state index contributed by atoms with van der Waals surface area (Å²) in [6, 6.07) is 8.21. The van der Waals surface area contributed by atoms with E-state index < -0.39 is 34.6 Å². The van der Waals surface area contributed by atoms with E-state index >= 15 is 0 Å². The lowest BCUT2D eigenvalue weighted by Crippen LogP contribution is -2.47. The third-order valence-corrected chi connectivity index (χ3v) is 5.55. The molecule has 1 amide bonds. The minimum absolute atomic E-state index is 0.0386. The van der Waals surface area contributed by atoms with Crippen molar-refractivity contribution in [2.24, 2.45) is 11.1 Å². The molecule has 9 heteroatoms. The Kier molecular flexibility index (Phi) is 6.51. The number of rotatable bonds is 6. The Bertz CT molecular complexity index is 1020. The van der Waals surface area contributed by atoms with Crippen LogP contribution in [0.3, 0.4) is 0 Å². The van der Waals surface area contributed by atoms with E-state index in [1.807, 2.05) is 30.3 Å². The normalized spacial score (nSPS) is 16.5. The molecule has 1 unspecified atom stereocenters. The molecule has 1 aromatic carbocycles. The third kappa shape index (κ3) is 4.51. The number of carbonyl (C=O) groups excluding carboxylic acids is 2. The summed E-state index contributed by atoms with van der Waals surface area (Å²) >= 11 is 0. The molecule has 1 saturated carbocycles. The molecule has 5 N–H and O–H groups in total. The molecular weight excluding hydrogens is 388 g/mol. The third-order valence-electron chi connectivity index (χ3n) is 5.55. The maximum atomic E-state index is 13.2. The van der Waals surface area contributed by atoms with Crippen molar-refractivity contribution in [3.8, 4) is 0 Å². The summed E-state index contributed by atoms with van der Waals surface area (Å²) in [5, 5.41) is 2.44. The maximum absolute atomic E-state index is 13.2. The Morgan fingerprint density at radius 3 is 2.43 bits per heavy atom. The molecule has 30 heavy (non-hydrogen) atoms. The zero-order chi connectivity index (χ0) is 21.7. The van der Waals surface area contributed by atoms with E-state index in [4.69, 9.17) is 10.5 Å². The van der Waals surface area contributed by atoms with Gasteiger partial charge in [0.25, 0.3) is 5.56 Å². The van der Waals surface area contributed by atoms with E-state index in [0.717, 1.165) is 24.8 Å². The number of nitrogens with two attached hydrogens (primary N) is 1. The first kappa shape index (κ1) is 21.5. The summed E-state index contributed by atoms with van der Waals surface area (Å²) in [6.45, 7) is 1.34. The minimum Gasteiger partial charge on any atom is -0.460 e. The molecule has 0 spiro atoms. The monoisotopic (exact) mass is 414 g/mol. The summed E-state index contributed by atoms with van der Waals surface area (Å²) in [5.41, 5.74) is 4.66. The number of aromatic amines is 2. The van der Waals surface area contributed by atoms with Gasteiger partial charge in [0.05, 0.1) is 17.0 Å². The van der Waals surface area contributed by atoms with Crippen LogP contribution in [-0.4, -0.2) is 21.8 Å². The highest BCUT2D eigenvalue weighted by molar-refractivity contribution is 5.88. The molecule has 1 aliphatic rings. The Morgan fingerprint density at radius 1 is 1.13 bits per heavy atom. The number of esters is 1. The SMILES string of the molecule is CC(=O)Nc1[nH]c(=O)[nH]c(=O)c1C(N)C1(C(=O)OCc2ccccc2)CCCCC1. The predicted molar refractivity (Wildman–Crippen MR) is 111 cm³/mol. The van der Waals surface area contributed by atoms with Crippen LogP contribution in [0.1, 0.15) is 56.2 Å². The van der Waals surface area contributed by atoms with E-state index in [1.165, 1.54) is 6.92 Å². The van der Waals surface area contributed by atoms with Gasteiger partial charge >= 0.3 is 11.7 Å². The fourth-order valence-electron chi connectivity index (χ4n) is 4.04. The molecule has 2 aromatic rings. The quantitative estimate of drug-likeness (QED) is 0.529. The first-order chi connectivity index (χ1) is 14.3. The fraction of sp³-hybridized carbons (Fsp3) is 0.429. The molecular formula is C21H26N4O5. The van der Waals surface area contributed by atoms with Gasteiger partial charge in [-0.1, -0.05) is 49.6 Å². The van der Waals surface area contributed by atoms with Crippen LogP contribution in [0.15, 0.2) is 39.9 Å². The fourth-order valence-corrected chi connectivity index (χ4v) is 4.04. The molecule has 9 nitrogen and oxygen atoms in total. The lowest BCUT2D eigenvalue weighted by molar-refractivity contribution is -0.161. The second kappa shape index (κ2) is 9.08. The summed E-state index contributed by atoms with van der Waals surface area (Å²) in [7, 11) is 0. The highest BCUT2D eigenvalue weighted by Gasteiger charge is 2.48. The largest absolute Gasteiger partial charge is 0.460 e. The van der Waals surface area contributed by atoms with Crippen molar-refractivity contribution >= 4 is 17.7 Å². The standard InChI is InChI=1S/C21H26N4O5/c1-13(26)23-17-15(18(27)25-20(29)24-17)16(22)21(10-6-3-7-11-21)19(28)30-12-14-8-4-2-5-9-14/h2,4-5,8-9,16H,3,6-7,10-12,22H2,1H3,(H3,23,24,25,26,27,29). The van der Waals surface area contributed by atoms with Crippen molar-refractivity contribution in [1.82, 2.24) is 9.97 Å². The second-order valence-corrected chi connectivity index (χ2v) is 7.63. The van der Waals surface area contributed by atoms with Crippen molar-refractivity contribution in [1.29, 1.82) is 0 Å². The number of amides is 1. The van der Waals surface area contributed by atoms with Crippen molar-refractivity contribution in [2.45, 2.75) is 51.7 Å². The molecule has 0 radical (unpaired) electrons. The van der Waals surface area contributed by atoms with Crippen LogP contribution in [0.25, 0.3) is 0 Å². The second-order valence-electron chi connectivity index (χ2n) is 7.63. The first-order valence-corrected chi connectivity index (χ1v) is 9.94. The molecule has 1 fully saturated rings. The van der Waals surface area contributed by atoms with Gasteiger partial charge in [0, 0.05) is 6.92 Å². The number of hydrogen-bond acceptors (Lipinski definition) is 6. The molecule has 1 heterocycles. The van der Waals surface area contributed by atoms with E-state index in [0.29, 0.717) is 12.8 Å². The van der Waals surface area contributed by atoms with Crippen molar-refractivity contribution in [2.75, 3.05) is 5.32 Å². The topological polar surface area (TPSA) is 147 Å². The lowest BCUT2D eigenvalue weighted by Gasteiger charge is -2.39. The van der Waals surface area contributed by atoms with Crippen LogP contribution in [-0.2, 0) is 20.9 Å². The average molecular weight is 414 g/mol. The molecule has 160 valence electrons. The van der Waals surface area contributed by atoms with Gasteiger partial charge in [-0.25, -0.2) is 4.79 Å². The zero-order valence-corrected chi connectivity index (χ0v) is 16.8.